The van der Waals surface area contributed by atoms with E-state index in [0.29, 0.717) is 5.56 Å². The molecule has 2 N–H and O–H groups in total. The zero-order valence-corrected chi connectivity index (χ0v) is 12.7. The molecule has 0 radical (unpaired) electrons. The number of anilines is 1. The number of aryl methyl sites for hydroxylation is 2. The van der Waals surface area contributed by atoms with Gasteiger partial charge in [-0.25, -0.2) is 9.78 Å². The van der Waals surface area contributed by atoms with Gasteiger partial charge in [0.05, 0.1) is 17.6 Å². The second-order valence-corrected chi connectivity index (χ2v) is 6.32. The minimum Gasteiger partial charge on any atom is -0.478 e. The predicted molar refractivity (Wildman–Crippen MR) is 77.2 cm³/mol. The maximum Gasteiger partial charge on any atom is 0.337 e. The van der Waals surface area contributed by atoms with Crippen LogP contribution in [0.3, 0.4) is 0 Å². The Kier molecular flexibility index (Phi) is 3.93. The van der Waals surface area contributed by atoms with Crippen LogP contribution >= 0.6 is 11.6 Å². The molecular formula is C12H12ClN3O4S. The topological polar surface area (TPSA) is 101 Å². The number of benzene rings is 1. The van der Waals surface area contributed by atoms with Gasteiger partial charge in [-0.2, -0.15) is 8.42 Å². The van der Waals surface area contributed by atoms with Crippen LogP contribution in [0, 0.1) is 6.92 Å². The number of halogens is 1. The summed E-state index contributed by atoms with van der Waals surface area (Å²) in [7, 11) is -2.53. The first kappa shape index (κ1) is 15.3. The van der Waals surface area contributed by atoms with E-state index < -0.39 is 16.0 Å². The van der Waals surface area contributed by atoms with Crippen LogP contribution in [0.2, 0.25) is 5.15 Å². The van der Waals surface area contributed by atoms with Crippen molar-refractivity contribution in [1.29, 1.82) is 0 Å². The third-order valence-electron chi connectivity index (χ3n) is 2.83. The lowest BCUT2D eigenvalue weighted by Crippen LogP contribution is -2.17. The number of carboxylic acid groups (broad SMARTS) is 1. The summed E-state index contributed by atoms with van der Waals surface area (Å²) in [6.07, 6.45) is 1.26. The average Bonchev–Trinajstić information content (AvgIpc) is 2.72. The first-order valence-corrected chi connectivity index (χ1v) is 7.62. The third-order valence-corrected chi connectivity index (χ3v) is 4.67. The maximum absolute atomic E-state index is 12.3. The average molecular weight is 330 g/mol. The molecule has 0 aliphatic carbocycles. The number of carboxylic acids is 1. The van der Waals surface area contributed by atoms with Crippen molar-refractivity contribution in [3.05, 3.63) is 40.8 Å². The van der Waals surface area contributed by atoms with Crippen molar-refractivity contribution >= 4 is 33.3 Å². The third kappa shape index (κ3) is 2.86. The standard InChI is InChI=1S/C12H12ClN3O4S/c1-7-4-3-5-8(12(17)18)9(7)15-21(19,20)11-10(13)16(2)6-14-11/h3-6,15H,1-2H3,(H,17,18). The Balaban J connectivity index is 2.52. The number of carbonyl (C=O) groups is 1. The van der Waals surface area contributed by atoms with E-state index in [4.69, 9.17) is 16.7 Å². The molecule has 2 rings (SSSR count). The Bertz CT molecular complexity index is 814. The highest BCUT2D eigenvalue weighted by molar-refractivity contribution is 7.92. The Morgan fingerprint density at radius 3 is 2.62 bits per heavy atom. The molecule has 0 unspecified atom stereocenters. The van der Waals surface area contributed by atoms with Gasteiger partial charge >= 0.3 is 5.97 Å². The lowest BCUT2D eigenvalue weighted by molar-refractivity contribution is 0.0698. The summed E-state index contributed by atoms with van der Waals surface area (Å²) in [5.74, 6) is -1.23. The number of aromatic nitrogens is 2. The molecule has 0 fully saturated rings. The highest BCUT2D eigenvalue weighted by atomic mass is 35.5. The molecule has 0 saturated carbocycles. The van der Waals surface area contributed by atoms with Gasteiger partial charge in [-0.05, 0) is 18.6 Å². The number of imidazole rings is 1. The second kappa shape index (κ2) is 5.38. The van der Waals surface area contributed by atoms with E-state index in [1.807, 2.05) is 0 Å². The molecular weight excluding hydrogens is 318 g/mol. The van der Waals surface area contributed by atoms with Gasteiger partial charge < -0.3 is 9.67 Å². The normalized spacial score (nSPS) is 11.4. The van der Waals surface area contributed by atoms with Crippen molar-refractivity contribution in [1.82, 2.24) is 9.55 Å². The van der Waals surface area contributed by atoms with Gasteiger partial charge in [-0.3, -0.25) is 4.72 Å². The first-order valence-electron chi connectivity index (χ1n) is 5.76. The summed E-state index contributed by atoms with van der Waals surface area (Å²) >= 11 is 5.87. The fraction of sp³-hybridized carbons (Fsp3) is 0.167. The van der Waals surface area contributed by atoms with Crippen LogP contribution in [-0.4, -0.2) is 29.0 Å². The Hall–Kier alpha value is -2.06. The molecule has 9 heteroatoms. The van der Waals surface area contributed by atoms with Gasteiger partial charge in [0.2, 0.25) is 5.03 Å². The van der Waals surface area contributed by atoms with Crippen molar-refractivity contribution < 1.29 is 18.3 Å². The minimum absolute atomic E-state index is 0.00767. The highest BCUT2D eigenvalue weighted by Gasteiger charge is 2.25. The van der Waals surface area contributed by atoms with E-state index in [2.05, 4.69) is 9.71 Å². The van der Waals surface area contributed by atoms with E-state index in [0.717, 1.165) is 0 Å². The zero-order chi connectivity index (χ0) is 15.8. The van der Waals surface area contributed by atoms with E-state index in [9.17, 15) is 13.2 Å². The molecule has 7 nitrogen and oxygen atoms in total. The molecule has 0 saturated heterocycles. The monoisotopic (exact) mass is 329 g/mol. The van der Waals surface area contributed by atoms with Crippen molar-refractivity contribution in [3.8, 4) is 0 Å². The van der Waals surface area contributed by atoms with Crippen LogP contribution in [0.1, 0.15) is 15.9 Å². The van der Waals surface area contributed by atoms with Gasteiger partial charge in [0.15, 0.2) is 0 Å². The SMILES string of the molecule is Cc1cccc(C(=O)O)c1NS(=O)(=O)c1ncn(C)c1Cl. The number of sulfonamides is 1. The fourth-order valence-corrected chi connectivity index (χ4v) is 3.32. The van der Waals surface area contributed by atoms with Crippen molar-refractivity contribution in [2.75, 3.05) is 4.72 Å². The van der Waals surface area contributed by atoms with E-state index in [1.165, 1.54) is 23.0 Å². The number of hydrogen-bond donors (Lipinski definition) is 2. The molecule has 0 bridgehead atoms. The Labute approximate surface area is 126 Å². The number of rotatable bonds is 4. The quantitative estimate of drug-likeness (QED) is 0.891. The summed E-state index contributed by atoms with van der Waals surface area (Å²) in [5.41, 5.74) is 0.322. The second-order valence-electron chi connectivity index (χ2n) is 4.36. The van der Waals surface area contributed by atoms with Crippen molar-refractivity contribution in [2.45, 2.75) is 11.9 Å². The molecule has 1 heterocycles. The Morgan fingerprint density at radius 2 is 2.10 bits per heavy atom. The van der Waals surface area contributed by atoms with Gasteiger partial charge in [-0.15, -0.1) is 0 Å². The van der Waals surface area contributed by atoms with E-state index in [1.54, 1.807) is 20.0 Å². The van der Waals surface area contributed by atoms with E-state index in [-0.39, 0.29) is 21.4 Å². The van der Waals surface area contributed by atoms with Crippen molar-refractivity contribution in [3.63, 3.8) is 0 Å². The minimum atomic E-state index is -4.08. The van der Waals surface area contributed by atoms with Crippen LogP contribution < -0.4 is 4.72 Å². The van der Waals surface area contributed by atoms with Crippen LogP contribution in [0.15, 0.2) is 29.6 Å². The number of para-hydroxylation sites is 1. The Morgan fingerprint density at radius 1 is 1.43 bits per heavy atom. The number of aromatic carboxylic acids is 1. The lowest BCUT2D eigenvalue weighted by atomic mass is 10.1. The van der Waals surface area contributed by atoms with Crippen LogP contribution in [0.4, 0.5) is 5.69 Å². The first-order chi connectivity index (χ1) is 9.74. The highest BCUT2D eigenvalue weighted by Crippen LogP contribution is 2.26. The number of nitrogens with one attached hydrogen (secondary N) is 1. The maximum atomic E-state index is 12.3. The molecule has 112 valence electrons. The lowest BCUT2D eigenvalue weighted by Gasteiger charge is -2.12. The van der Waals surface area contributed by atoms with Gasteiger partial charge in [0.25, 0.3) is 10.0 Å². The molecule has 21 heavy (non-hydrogen) atoms. The molecule has 0 atom stereocenters. The fourth-order valence-electron chi connectivity index (χ4n) is 1.74. The van der Waals surface area contributed by atoms with Gasteiger partial charge in [0, 0.05) is 7.05 Å². The van der Waals surface area contributed by atoms with Gasteiger partial charge in [-0.1, -0.05) is 23.7 Å². The summed E-state index contributed by atoms with van der Waals surface area (Å²) in [4.78, 5) is 14.9. The van der Waals surface area contributed by atoms with E-state index >= 15 is 0 Å². The molecule has 0 spiro atoms. The molecule has 0 amide bonds. The smallest absolute Gasteiger partial charge is 0.337 e. The van der Waals surface area contributed by atoms with Crippen LogP contribution in [0.25, 0.3) is 0 Å². The zero-order valence-electron chi connectivity index (χ0n) is 11.2. The summed E-state index contributed by atoms with van der Waals surface area (Å²) in [5, 5.41) is 8.72. The molecule has 1 aromatic heterocycles. The summed E-state index contributed by atoms with van der Waals surface area (Å²) in [6.45, 7) is 1.60. The molecule has 2 aromatic rings. The summed E-state index contributed by atoms with van der Waals surface area (Å²) < 4.78 is 28.2. The van der Waals surface area contributed by atoms with Crippen LogP contribution in [-0.2, 0) is 17.1 Å². The molecule has 1 aromatic carbocycles. The number of hydrogen-bond acceptors (Lipinski definition) is 4. The largest absolute Gasteiger partial charge is 0.478 e. The van der Waals surface area contributed by atoms with Crippen molar-refractivity contribution in [2.24, 2.45) is 7.05 Å². The van der Waals surface area contributed by atoms with Crippen LogP contribution in [0.5, 0.6) is 0 Å². The predicted octanol–water partition coefficient (Wildman–Crippen LogP) is 1.88. The molecule has 0 aliphatic rings. The van der Waals surface area contributed by atoms with Gasteiger partial charge in [0.1, 0.15) is 5.15 Å². The summed E-state index contributed by atoms with van der Waals surface area (Å²) in [6, 6.07) is 4.45. The number of nitrogens with zero attached hydrogens (tertiary/aromatic N) is 2. The molecule has 0 aliphatic heterocycles.